The molecule has 0 heterocycles. The second-order valence-corrected chi connectivity index (χ2v) is 7.21. The molecule has 2 aromatic rings. The van der Waals surface area contributed by atoms with E-state index in [0.29, 0.717) is 6.54 Å². The van der Waals surface area contributed by atoms with Crippen molar-refractivity contribution in [3.63, 3.8) is 0 Å². The van der Waals surface area contributed by atoms with E-state index in [1.807, 2.05) is 42.2 Å². The van der Waals surface area contributed by atoms with E-state index in [9.17, 15) is 14.0 Å². The number of halogens is 1. The van der Waals surface area contributed by atoms with Crippen LogP contribution in [0.4, 0.5) is 26.2 Å². The molecule has 0 radical (unpaired) electrons. The molecule has 150 valence electrons. The van der Waals surface area contributed by atoms with E-state index in [2.05, 4.69) is 10.6 Å². The Kier molecular flexibility index (Phi) is 6.98. The molecule has 0 spiro atoms. The molecule has 6 nitrogen and oxygen atoms in total. The Bertz CT molecular complexity index is 819. The number of likely N-dealkylation sites (N-methyl/N-ethyl adjacent to an activating group) is 1. The lowest BCUT2D eigenvalue weighted by molar-refractivity contribution is -0.115. The number of carbonyl (C=O) groups excluding carboxylic acids is 2. The minimum atomic E-state index is -0.686. The van der Waals surface area contributed by atoms with Gasteiger partial charge in [0.2, 0.25) is 5.91 Å². The number of anilines is 3. The molecular formula is C21H26FN3O3. The summed E-state index contributed by atoms with van der Waals surface area (Å²) < 4.78 is 18.9. The predicted molar refractivity (Wildman–Crippen MR) is 109 cm³/mol. The summed E-state index contributed by atoms with van der Waals surface area (Å²) in [4.78, 5) is 26.4. The molecule has 0 fully saturated rings. The molecule has 0 aliphatic rings. The quantitative estimate of drug-likeness (QED) is 0.758. The van der Waals surface area contributed by atoms with Gasteiger partial charge in [0.05, 0.1) is 17.9 Å². The fourth-order valence-electron chi connectivity index (χ4n) is 2.53. The molecule has 0 aromatic heterocycles. The molecule has 0 bridgehead atoms. The number of hydrogen-bond acceptors (Lipinski definition) is 4. The Morgan fingerprint density at radius 1 is 1.04 bits per heavy atom. The number of benzene rings is 2. The van der Waals surface area contributed by atoms with Crippen LogP contribution in [0.1, 0.15) is 27.7 Å². The number of rotatable bonds is 6. The molecule has 2 N–H and O–H groups in total. The largest absolute Gasteiger partial charge is 0.444 e. The minimum absolute atomic E-state index is 0.0862. The average Bonchev–Trinajstić information content (AvgIpc) is 2.61. The lowest BCUT2D eigenvalue weighted by atomic mass is 10.2. The molecule has 2 rings (SSSR count). The van der Waals surface area contributed by atoms with Crippen LogP contribution in [-0.4, -0.2) is 30.7 Å². The third kappa shape index (κ3) is 6.57. The average molecular weight is 387 g/mol. The highest BCUT2D eigenvalue weighted by atomic mass is 19.1. The molecule has 0 saturated carbocycles. The molecule has 0 aliphatic heterocycles. The summed E-state index contributed by atoms with van der Waals surface area (Å²) in [6.07, 6.45) is -0.686. The number of carbonyl (C=O) groups is 2. The lowest BCUT2D eigenvalue weighted by Gasteiger charge is -2.23. The summed E-state index contributed by atoms with van der Waals surface area (Å²) in [6, 6.07) is 13.2. The molecule has 0 aliphatic carbocycles. The number of nitrogens with one attached hydrogen (secondary N) is 2. The van der Waals surface area contributed by atoms with Crippen LogP contribution in [0.25, 0.3) is 0 Å². The molecule has 2 amide bonds. The summed E-state index contributed by atoms with van der Waals surface area (Å²) in [5.41, 5.74) is 0.656. The van der Waals surface area contributed by atoms with Crippen molar-refractivity contribution >= 4 is 29.1 Å². The van der Waals surface area contributed by atoms with Gasteiger partial charge in [-0.05, 0) is 58.0 Å². The van der Waals surface area contributed by atoms with Crippen molar-refractivity contribution < 1.29 is 18.7 Å². The van der Waals surface area contributed by atoms with Crippen LogP contribution in [0.2, 0.25) is 0 Å². The van der Waals surface area contributed by atoms with Gasteiger partial charge in [0.25, 0.3) is 0 Å². The molecule has 0 atom stereocenters. The summed E-state index contributed by atoms with van der Waals surface area (Å²) in [7, 11) is 0. The van der Waals surface area contributed by atoms with Crippen LogP contribution in [0.15, 0.2) is 48.5 Å². The van der Waals surface area contributed by atoms with E-state index in [-0.39, 0.29) is 23.8 Å². The Labute approximate surface area is 164 Å². The van der Waals surface area contributed by atoms with Crippen LogP contribution < -0.4 is 15.5 Å². The minimum Gasteiger partial charge on any atom is -0.444 e. The van der Waals surface area contributed by atoms with E-state index in [1.54, 1.807) is 20.8 Å². The van der Waals surface area contributed by atoms with Gasteiger partial charge < -0.3 is 15.0 Å². The van der Waals surface area contributed by atoms with Gasteiger partial charge in [-0.25, -0.2) is 9.18 Å². The van der Waals surface area contributed by atoms with Gasteiger partial charge >= 0.3 is 6.09 Å². The first-order chi connectivity index (χ1) is 13.2. The first-order valence-corrected chi connectivity index (χ1v) is 9.07. The van der Waals surface area contributed by atoms with E-state index in [4.69, 9.17) is 4.74 Å². The monoisotopic (exact) mass is 387 g/mol. The number of hydrogen-bond donors (Lipinski definition) is 2. The van der Waals surface area contributed by atoms with Gasteiger partial charge in [-0.2, -0.15) is 0 Å². The highest BCUT2D eigenvalue weighted by Gasteiger charge is 2.18. The van der Waals surface area contributed by atoms with Gasteiger partial charge in [0.15, 0.2) is 0 Å². The second-order valence-electron chi connectivity index (χ2n) is 7.21. The summed E-state index contributed by atoms with van der Waals surface area (Å²) in [5.74, 6) is -0.857. The third-order valence-electron chi connectivity index (χ3n) is 3.73. The smallest absolute Gasteiger partial charge is 0.412 e. The Morgan fingerprint density at radius 2 is 1.71 bits per heavy atom. The molecule has 0 saturated heterocycles. The van der Waals surface area contributed by atoms with Crippen LogP contribution in [0, 0.1) is 5.82 Å². The third-order valence-corrected chi connectivity index (χ3v) is 3.73. The van der Waals surface area contributed by atoms with Crippen molar-refractivity contribution in [1.82, 2.24) is 0 Å². The van der Waals surface area contributed by atoms with Gasteiger partial charge in [0, 0.05) is 12.2 Å². The standard InChI is InChI=1S/C21H26FN3O3/c1-5-25(16-9-7-6-8-10-16)14-19(26)23-18-13-15(22)11-12-17(18)24-20(27)28-21(2,3)4/h6-13H,5,14H2,1-4H3,(H,23,26)(H,24,27). The molecule has 28 heavy (non-hydrogen) atoms. The van der Waals surface area contributed by atoms with Crippen molar-refractivity contribution in [3.8, 4) is 0 Å². The normalized spacial score (nSPS) is 10.9. The predicted octanol–water partition coefficient (Wildman–Crippen LogP) is 4.64. The Hall–Kier alpha value is -3.09. The maximum Gasteiger partial charge on any atom is 0.412 e. The fraction of sp³-hybridized carbons (Fsp3) is 0.333. The zero-order valence-electron chi connectivity index (χ0n) is 16.6. The summed E-state index contributed by atoms with van der Waals surface area (Å²) in [5, 5.41) is 5.21. The number of nitrogens with zero attached hydrogens (tertiary/aromatic N) is 1. The van der Waals surface area contributed by atoms with Crippen molar-refractivity contribution in [3.05, 3.63) is 54.3 Å². The van der Waals surface area contributed by atoms with E-state index in [0.717, 1.165) is 11.8 Å². The summed E-state index contributed by atoms with van der Waals surface area (Å²) in [6.45, 7) is 7.87. The molecular weight excluding hydrogens is 361 g/mol. The zero-order chi connectivity index (χ0) is 20.7. The molecule has 0 unspecified atom stereocenters. The van der Waals surface area contributed by atoms with Gasteiger partial charge in [0.1, 0.15) is 11.4 Å². The highest BCUT2D eigenvalue weighted by molar-refractivity contribution is 5.99. The molecule has 7 heteroatoms. The van der Waals surface area contributed by atoms with Gasteiger partial charge in [-0.1, -0.05) is 18.2 Å². The van der Waals surface area contributed by atoms with Gasteiger partial charge in [-0.3, -0.25) is 10.1 Å². The number of para-hydroxylation sites is 1. The first-order valence-electron chi connectivity index (χ1n) is 9.07. The maximum atomic E-state index is 13.7. The van der Waals surface area contributed by atoms with E-state index in [1.165, 1.54) is 12.1 Å². The highest BCUT2D eigenvalue weighted by Crippen LogP contribution is 2.24. The van der Waals surface area contributed by atoms with E-state index >= 15 is 0 Å². The van der Waals surface area contributed by atoms with Crippen LogP contribution in [-0.2, 0) is 9.53 Å². The van der Waals surface area contributed by atoms with Crippen molar-refractivity contribution in [2.24, 2.45) is 0 Å². The molecule has 2 aromatic carbocycles. The lowest BCUT2D eigenvalue weighted by Crippen LogP contribution is -2.33. The SMILES string of the molecule is CCN(CC(=O)Nc1cc(F)ccc1NC(=O)OC(C)(C)C)c1ccccc1. The maximum absolute atomic E-state index is 13.7. The number of ether oxygens (including phenoxy) is 1. The van der Waals surface area contributed by atoms with Crippen molar-refractivity contribution in [2.75, 3.05) is 28.6 Å². The van der Waals surface area contributed by atoms with Crippen LogP contribution in [0.5, 0.6) is 0 Å². The van der Waals surface area contributed by atoms with Crippen LogP contribution >= 0.6 is 0 Å². The van der Waals surface area contributed by atoms with Crippen molar-refractivity contribution in [1.29, 1.82) is 0 Å². The topological polar surface area (TPSA) is 70.7 Å². The van der Waals surface area contributed by atoms with Gasteiger partial charge in [-0.15, -0.1) is 0 Å². The van der Waals surface area contributed by atoms with Crippen LogP contribution in [0.3, 0.4) is 0 Å². The summed E-state index contributed by atoms with van der Waals surface area (Å²) >= 11 is 0. The van der Waals surface area contributed by atoms with Crippen molar-refractivity contribution in [2.45, 2.75) is 33.3 Å². The Balaban J connectivity index is 2.10. The first kappa shape index (κ1) is 21.2. The second kappa shape index (κ2) is 9.21. The number of amides is 2. The zero-order valence-corrected chi connectivity index (χ0v) is 16.6. The Morgan fingerprint density at radius 3 is 2.32 bits per heavy atom. The fourth-order valence-corrected chi connectivity index (χ4v) is 2.53. The van der Waals surface area contributed by atoms with E-state index < -0.39 is 17.5 Å².